The molecule has 0 radical (unpaired) electrons. The van der Waals surface area contributed by atoms with Crippen LogP contribution in [0.1, 0.15) is 11.3 Å². The third kappa shape index (κ3) is 1.80. The van der Waals surface area contributed by atoms with Crippen molar-refractivity contribution in [2.75, 3.05) is 0 Å². The molecule has 102 valence electrons. The number of aryl methyl sites for hydroxylation is 2. The van der Waals surface area contributed by atoms with Crippen LogP contribution in [0.4, 0.5) is 0 Å². The predicted molar refractivity (Wildman–Crippen MR) is 83.2 cm³/mol. The van der Waals surface area contributed by atoms with E-state index in [-0.39, 0.29) is 0 Å². The summed E-state index contributed by atoms with van der Waals surface area (Å²) in [5.74, 6) is 0.777. The van der Waals surface area contributed by atoms with E-state index in [1.54, 1.807) is 0 Å². The van der Waals surface area contributed by atoms with Crippen LogP contribution < -0.4 is 0 Å². The van der Waals surface area contributed by atoms with Gasteiger partial charge in [-0.25, -0.2) is 0 Å². The van der Waals surface area contributed by atoms with Crippen LogP contribution in [0.3, 0.4) is 0 Å². The van der Waals surface area contributed by atoms with Gasteiger partial charge in [0.2, 0.25) is 0 Å². The van der Waals surface area contributed by atoms with Crippen LogP contribution in [0, 0.1) is 13.8 Å². The van der Waals surface area contributed by atoms with E-state index in [0.29, 0.717) is 0 Å². The molecule has 4 heteroatoms. The van der Waals surface area contributed by atoms with Crippen molar-refractivity contribution in [2.45, 2.75) is 13.8 Å². The first-order valence-corrected chi connectivity index (χ1v) is 6.92. The Hall–Kier alpha value is -2.75. The minimum Gasteiger partial charge on any atom is -0.192 e. The molecular formula is C17H14N4. The minimum absolute atomic E-state index is 0.777. The lowest BCUT2D eigenvalue weighted by Crippen LogP contribution is -1.98. The Morgan fingerprint density at radius 2 is 1.52 bits per heavy atom. The summed E-state index contributed by atoms with van der Waals surface area (Å²) in [6.07, 6.45) is 0. The van der Waals surface area contributed by atoms with Gasteiger partial charge in [-0.1, -0.05) is 54.1 Å². The maximum absolute atomic E-state index is 4.65. The minimum atomic E-state index is 0.777. The summed E-state index contributed by atoms with van der Waals surface area (Å²) in [4.78, 5) is 0. The normalized spacial score (nSPS) is 11.3. The molecule has 4 rings (SSSR count). The van der Waals surface area contributed by atoms with E-state index < -0.39 is 0 Å². The highest BCUT2D eigenvalue weighted by Crippen LogP contribution is 2.24. The van der Waals surface area contributed by atoms with Crippen LogP contribution in [0.5, 0.6) is 0 Å². The summed E-state index contributed by atoms with van der Waals surface area (Å²) in [5, 5.41) is 15.5. The summed E-state index contributed by atoms with van der Waals surface area (Å²) in [6, 6.07) is 16.4. The van der Waals surface area contributed by atoms with E-state index in [1.165, 1.54) is 5.56 Å². The van der Waals surface area contributed by atoms with Crippen molar-refractivity contribution in [3.63, 3.8) is 0 Å². The van der Waals surface area contributed by atoms with E-state index in [1.807, 2.05) is 23.6 Å². The quantitative estimate of drug-likeness (QED) is 0.533. The van der Waals surface area contributed by atoms with Crippen molar-refractivity contribution < 1.29 is 0 Å². The van der Waals surface area contributed by atoms with Crippen molar-refractivity contribution in [1.29, 1.82) is 0 Å². The smallest absolute Gasteiger partial charge is 0.186 e. The Morgan fingerprint density at radius 3 is 2.29 bits per heavy atom. The highest BCUT2D eigenvalue weighted by atomic mass is 15.4. The molecule has 0 aliphatic carbocycles. The monoisotopic (exact) mass is 274 g/mol. The number of hydrogen-bond donors (Lipinski definition) is 0. The van der Waals surface area contributed by atoms with Crippen LogP contribution >= 0.6 is 0 Å². The molecule has 0 amide bonds. The second kappa shape index (κ2) is 4.38. The highest BCUT2D eigenvalue weighted by Gasteiger charge is 2.13. The third-order valence-corrected chi connectivity index (χ3v) is 3.76. The SMILES string of the molecule is Cc1ccc(-c2nnc3c4ccccc4c(C)nn23)cc1. The lowest BCUT2D eigenvalue weighted by molar-refractivity contribution is 0.915. The molecule has 0 N–H and O–H groups in total. The van der Waals surface area contributed by atoms with Gasteiger partial charge in [-0.3, -0.25) is 0 Å². The first-order chi connectivity index (χ1) is 10.2. The third-order valence-electron chi connectivity index (χ3n) is 3.76. The van der Waals surface area contributed by atoms with Crippen LogP contribution in [-0.4, -0.2) is 19.8 Å². The molecule has 0 saturated heterocycles. The fourth-order valence-corrected chi connectivity index (χ4v) is 2.62. The number of aromatic nitrogens is 4. The zero-order chi connectivity index (χ0) is 14.4. The zero-order valence-corrected chi connectivity index (χ0v) is 11.9. The molecule has 0 unspecified atom stereocenters. The standard InChI is InChI=1S/C17H14N4/c1-11-7-9-13(10-8-11)16-18-19-17-15-6-4-3-5-14(15)12(2)20-21(16)17/h3-10H,1-2H3. The van der Waals surface area contributed by atoms with Crippen molar-refractivity contribution in [3.05, 3.63) is 59.8 Å². The summed E-state index contributed by atoms with van der Waals surface area (Å²) in [7, 11) is 0. The average molecular weight is 274 g/mol. The molecule has 0 fully saturated rings. The van der Waals surface area contributed by atoms with Crippen molar-refractivity contribution in [2.24, 2.45) is 0 Å². The largest absolute Gasteiger partial charge is 0.192 e. The van der Waals surface area contributed by atoms with Gasteiger partial charge in [-0.15, -0.1) is 10.2 Å². The second-order valence-electron chi connectivity index (χ2n) is 5.26. The molecule has 4 nitrogen and oxygen atoms in total. The average Bonchev–Trinajstić information content (AvgIpc) is 2.92. The Balaban J connectivity index is 2.06. The Bertz CT molecular complexity index is 952. The van der Waals surface area contributed by atoms with Crippen molar-refractivity contribution in [1.82, 2.24) is 19.8 Å². The Kier molecular flexibility index (Phi) is 2.51. The zero-order valence-electron chi connectivity index (χ0n) is 11.9. The molecular weight excluding hydrogens is 260 g/mol. The molecule has 2 heterocycles. The van der Waals surface area contributed by atoms with Gasteiger partial charge >= 0.3 is 0 Å². The van der Waals surface area contributed by atoms with E-state index in [0.717, 1.165) is 33.5 Å². The fraction of sp³-hybridized carbons (Fsp3) is 0.118. The van der Waals surface area contributed by atoms with Gasteiger partial charge in [0, 0.05) is 16.3 Å². The van der Waals surface area contributed by atoms with Crippen LogP contribution in [-0.2, 0) is 0 Å². The van der Waals surface area contributed by atoms with Gasteiger partial charge in [0.25, 0.3) is 0 Å². The maximum atomic E-state index is 4.65. The van der Waals surface area contributed by atoms with Crippen molar-refractivity contribution >= 4 is 16.4 Å². The van der Waals surface area contributed by atoms with Gasteiger partial charge in [-0.2, -0.15) is 9.61 Å². The Morgan fingerprint density at radius 1 is 0.810 bits per heavy atom. The van der Waals surface area contributed by atoms with Gasteiger partial charge in [0.1, 0.15) is 0 Å². The number of hydrogen-bond acceptors (Lipinski definition) is 3. The van der Waals surface area contributed by atoms with Gasteiger partial charge in [0.15, 0.2) is 11.5 Å². The highest BCUT2D eigenvalue weighted by molar-refractivity contribution is 5.95. The van der Waals surface area contributed by atoms with Crippen molar-refractivity contribution in [3.8, 4) is 11.4 Å². The van der Waals surface area contributed by atoms with Crippen LogP contribution in [0.25, 0.3) is 27.8 Å². The first kappa shape index (κ1) is 12.0. The van der Waals surface area contributed by atoms with E-state index >= 15 is 0 Å². The summed E-state index contributed by atoms with van der Waals surface area (Å²) >= 11 is 0. The molecule has 0 atom stereocenters. The molecule has 0 spiro atoms. The summed E-state index contributed by atoms with van der Waals surface area (Å²) in [5.41, 5.74) is 4.02. The van der Waals surface area contributed by atoms with Gasteiger partial charge < -0.3 is 0 Å². The molecule has 2 aromatic carbocycles. The van der Waals surface area contributed by atoms with E-state index in [2.05, 4.69) is 58.6 Å². The van der Waals surface area contributed by atoms with Gasteiger partial charge in [-0.05, 0) is 13.8 Å². The molecule has 0 aliphatic rings. The Labute approximate surface area is 122 Å². The van der Waals surface area contributed by atoms with E-state index in [9.17, 15) is 0 Å². The molecule has 2 aromatic heterocycles. The number of nitrogens with zero attached hydrogens (tertiary/aromatic N) is 4. The summed E-state index contributed by atoms with van der Waals surface area (Å²) < 4.78 is 1.84. The topological polar surface area (TPSA) is 43.1 Å². The number of rotatable bonds is 1. The predicted octanol–water partition coefficient (Wildman–Crippen LogP) is 3.56. The molecule has 4 aromatic rings. The first-order valence-electron chi connectivity index (χ1n) is 6.92. The maximum Gasteiger partial charge on any atom is 0.186 e. The lowest BCUT2D eigenvalue weighted by atomic mass is 10.1. The number of fused-ring (bicyclic) bond motifs is 3. The molecule has 0 saturated carbocycles. The van der Waals surface area contributed by atoms with Crippen LogP contribution in [0.2, 0.25) is 0 Å². The fourth-order valence-electron chi connectivity index (χ4n) is 2.62. The molecule has 0 aliphatic heterocycles. The lowest BCUT2D eigenvalue weighted by Gasteiger charge is -2.05. The second-order valence-corrected chi connectivity index (χ2v) is 5.26. The van der Waals surface area contributed by atoms with Gasteiger partial charge in [0.05, 0.1) is 5.69 Å². The molecule has 0 bridgehead atoms. The number of benzene rings is 2. The molecule has 21 heavy (non-hydrogen) atoms. The van der Waals surface area contributed by atoms with Crippen LogP contribution in [0.15, 0.2) is 48.5 Å². The summed E-state index contributed by atoms with van der Waals surface area (Å²) in [6.45, 7) is 4.09. The van der Waals surface area contributed by atoms with E-state index in [4.69, 9.17) is 0 Å².